The molecule has 1 aliphatic rings. The molecule has 2 amide bonds. The van der Waals surface area contributed by atoms with Gasteiger partial charge in [0.25, 0.3) is 0 Å². The van der Waals surface area contributed by atoms with E-state index in [9.17, 15) is 9.59 Å². The monoisotopic (exact) mass is 373 g/mol. The molecule has 1 aliphatic heterocycles. The van der Waals surface area contributed by atoms with Gasteiger partial charge in [-0.2, -0.15) is 5.26 Å². The maximum atomic E-state index is 12.9. The SMILES string of the molecule is N#Cc1ccc(/C=C/C(=O)NC(Cc2ccccc2)C(=O)N2CCCC2)cc1. The lowest BCUT2D eigenvalue weighted by atomic mass is 10.0. The van der Waals surface area contributed by atoms with E-state index in [1.165, 1.54) is 6.08 Å². The molecule has 0 radical (unpaired) electrons. The Kier molecular flexibility index (Phi) is 6.59. The molecule has 0 bridgehead atoms. The molecule has 28 heavy (non-hydrogen) atoms. The lowest BCUT2D eigenvalue weighted by Gasteiger charge is -2.23. The molecule has 0 aromatic heterocycles. The molecule has 142 valence electrons. The Hall–Kier alpha value is -3.39. The number of carbonyl (C=O) groups excluding carboxylic acids is 2. The lowest BCUT2D eigenvalue weighted by Crippen LogP contribution is -2.48. The van der Waals surface area contributed by atoms with Crippen molar-refractivity contribution < 1.29 is 9.59 Å². The highest BCUT2D eigenvalue weighted by atomic mass is 16.2. The van der Waals surface area contributed by atoms with Crippen LogP contribution in [-0.2, 0) is 16.0 Å². The molecule has 5 heteroatoms. The summed E-state index contributed by atoms with van der Waals surface area (Å²) in [6.45, 7) is 1.50. The first-order valence-corrected chi connectivity index (χ1v) is 9.47. The largest absolute Gasteiger partial charge is 0.341 e. The number of hydrogen-bond acceptors (Lipinski definition) is 3. The fraction of sp³-hybridized carbons (Fsp3) is 0.261. The second-order valence-electron chi connectivity index (χ2n) is 6.85. The van der Waals surface area contributed by atoms with Crippen molar-refractivity contribution in [1.82, 2.24) is 10.2 Å². The van der Waals surface area contributed by atoms with Gasteiger partial charge in [-0.25, -0.2) is 0 Å². The molecule has 1 saturated heterocycles. The van der Waals surface area contributed by atoms with E-state index in [4.69, 9.17) is 5.26 Å². The van der Waals surface area contributed by atoms with Crippen LogP contribution in [0.3, 0.4) is 0 Å². The zero-order chi connectivity index (χ0) is 19.8. The van der Waals surface area contributed by atoms with Gasteiger partial charge in [0.15, 0.2) is 0 Å². The van der Waals surface area contributed by atoms with Gasteiger partial charge in [0.1, 0.15) is 6.04 Å². The summed E-state index contributed by atoms with van der Waals surface area (Å²) < 4.78 is 0. The number of carbonyl (C=O) groups is 2. The number of rotatable bonds is 6. The molecule has 1 heterocycles. The molecule has 5 nitrogen and oxygen atoms in total. The minimum absolute atomic E-state index is 0.0264. The van der Waals surface area contributed by atoms with Crippen LogP contribution in [0.1, 0.15) is 29.5 Å². The lowest BCUT2D eigenvalue weighted by molar-refractivity contribution is -0.134. The number of nitriles is 1. The van der Waals surface area contributed by atoms with Gasteiger partial charge in [-0.05, 0) is 42.2 Å². The summed E-state index contributed by atoms with van der Waals surface area (Å²) in [7, 11) is 0. The van der Waals surface area contributed by atoms with Crippen LogP contribution in [-0.4, -0.2) is 35.8 Å². The number of likely N-dealkylation sites (tertiary alicyclic amines) is 1. The highest BCUT2D eigenvalue weighted by molar-refractivity contribution is 5.95. The first kappa shape index (κ1) is 19.4. The van der Waals surface area contributed by atoms with E-state index in [0.717, 1.165) is 37.1 Å². The average molecular weight is 373 g/mol. The quantitative estimate of drug-likeness (QED) is 0.791. The predicted molar refractivity (Wildman–Crippen MR) is 108 cm³/mol. The predicted octanol–water partition coefficient (Wildman–Crippen LogP) is 2.92. The first-order valence-electron chi connectivity index (χ1n) is 9.47. The fourth-order valence-corrected chi connectivity index (χ4v) is 3.27. The number of amides is 2. The van der Waals surface area contributed by atoms with Crippen molar-refractivity contribution in [1.29, 1.82) is 5.26 Å². The summed E-state index contributed by atoms with van der Waals surface area (Å²) in [5, 5.41) is 11.7. The van der Waals surface area contributed by atoms with E-state index in [1.54, 1.807) is 30.3 Å². The first-order chi connectivity index (χ1) is 13.7. The Balaban J connectivity index is 1.68. The Morgan fingerprint density at radius 2 is 1.75 bits per heavy atom. The maximum Gasteiger partial charge on any atom is 0.245 e. The normalized spacial score (nSPS) is 14.6. The summed E-state index contributed by atoms with van der Waals surface area (Å²) >= 11 is 0. The summed E-state index contributed by atoms with van der Waals surface area (Å²) in [5.74, 6) is -0.334. The van der Waals surface area contributed by atoms with Gasteiger partial charge < -0.3 is 10.2 Å². The Bertz CT molecular complexity index is 876. The van der Waals surface area contributed by atoms with Crippen molar-refractivity contribution in [3.63, 3.8) is 0 Å². The molecule has 3 rings (SSSR count). The van der Waals surface area contributed by atoms with Gasteiger partial charge in [0, 0.05) is 25.6 Å². The van der Waals surface area contributed by atoms with Crippen molar-refractivity contribution in [2.45, 2.75) is 25.3 Å². The topological polar surface area (TPSA) is 73.2 Å². The van der Waals surface area contributed by atoms with Gasteiger partial charge >= 0.3 is 0 Å². The van der Waals surface area contributed by atoms with Crippen molar-refractivity contribution >= 4 is 17.9 Å². The van der Waals surface area contributed by atoms with E-state index in [2.05, 4.69) is 11.4 Å². The van der Waals surface area contributed by atoms with Crippen LogP contribution in [0.2, 0.25) is 0 Å². The van der Waals surface area contributed by atoms with E-state index in [1.807, 2.05) is 35.2 Å². The zero-order valence-corrected chi connectivity index (χ0v) is 15.7. The van der Waals surface area contributed by atoms with Crippen LogP contribution in [0, 0.1) is 11.3 Å². The Morgan fingerprint density at radius 1 is 1.07 bits per heavy atom. The second kappa shape index (κ2) is 9.52. The number of nitrogens with one attached hydrogen (secondary N) is 1. The smallest absolute Gasteiger partial charge is 0.245 e. The van der Waals surface area contributed by atoms with Crippen LogP contribution in [0.4, 0.5) is 0 Å². The molecule has 1 fully saturated rings. The summed E-state index contributed by atoms with van der Waals surface area (Å²) in [4.78, 5) is 27.2. The molecule has 2 aromatic rings. The van der Waals surface area contributed by atoms with Crippen molar-refractivity contribution in [2.75, 3.05) is 13.1 Å². The summed E-state index contributed by atoms with van der Waals surface area (Å²) in [6, 6.07) is 18.1. The molecular formula is C23H23N3O2. The van der Waals surface area contributed by atoms with Gasteiger partial charge in [-0.15, -0.1) is 0 Å². The van der Waals surface area contributed by atoms with E-state index in [0.29, 0.717) is 12.0 Å². The van der Waals surface area contributed by atoms with Crippen LogP contribution >= 0.6 is 0 Å². The van der Waals surface area contributed by atoms with Gasteiger partial charge in [-0.1, -0.05) is 42.5 Å². The highest BCUT2D eigenvalue weighted by Crippen LogP contribution is 2.12. The summed E-state index contributed by atoms with van der Waals surface area (Å²) in [5.41, 5.74) is 2.40. The van der Waals surface area contributed by atoms with Crippen LogP contribution in [0.25, 0.3) is 6.08 Å². The number of benzene rings is 2. The van der Waals surface area contributed by atoms with Crippen molar-refractivity contribution in [3.05, 3.63) is 77.4 Å². The van der Waals surface area contributed by atoms with E-state index < -0.39 is 6.04 Å². The number of hydrogen-bond donors (Lipinski definition) is 1. The second-order valence-corrected chi connectivity index (χ2v) is 6.85. The molecule has 0 spiro atoms. The average Bonchev–Trinajstić information content (AvgIpc) is 3.27. The Morgan fingerprint density at radius 3 is 2.39 bits per heavy atom. The molecule has 1 unspecified atom stereocenters. The maximum absolute atomic E-state index is 12.9. The molecule has 0 aliphatic carbocycles. The molecule has 1 atom stereocenters. The minimum Gasteiger partial charge on any atom is -0.341 e. The third kappa shape index (κ3) is 5.31. The third-order valence-electron chi connectivity index (χ3n) is 4.78. The minimum atomic E-state index is -0.585. The van der Waals surface area contributed by atoms with Crippen LogP contribution in [0.15, 0.2) is 60.7 Å². The molecule has 2 aromatic carbocycles. The highest BCUT2D eigenvalue weighted by Gasteiger charge is 2.27. The fourth-order valence-electron chi connectivity index (χ4n) is 3.27. The van der Waals surface area contributed by atoms with Gasteiger partial charge in [-0.3, -0.25) is 9.59 Å². The van der Waals surface area contributed by atoms with Crippen LogP contribution in [0.5, 0.6) is 0 Å². The van der Waals surface area contributed by atoms with Crippen molar-refractivity contribution in [3.8, 4) is 6.07 Å². The van der Waals surface area contributed by atoms with E-state index >= 15 is 0 Å². The molecular weight excluding hydrogens is 350 g/mol. The molecule has 0 saturated carbocycles. The zero-order valence-electron chi connectivity index (χ0n) is 15.7. The standard InChI is InChI=1S/C23H23N3O2/c24-17-20-10-8-18(9-11-20)12-13-22(27)25-21(16-19-6-2-1-3-7-19)23(28)26-14-4-5-15-26/h1-3,6-13,21H,4-5,14-16H2,(H,25,27)/b13-12+. The van der Waals surface area contributed by atoms with Crippen molar-refractivity contribution in [2.24, 2.45) is 0 Å². The molecule has 1 N–H and O–H groups in total. The van der Waals surface area contributed by atoms with Gasteiger partial charge in [0.2, 0.25) is 11.8 Å². The third-order valence-corrected chi connectivity index (χ3v) is 4.78. The number of nitrogens with zero attached hydrogens (tertiary/aromatic N) is 2. The van der Waals surface area contributed by atoms with Gasteiger partial charge in [0.05, 0.1) is 11.6 Å². The van der Waals surface area contributed by atoms with Crippen LogP contribution < -0.4 is 5.32 Å². The summed E-state index contributed by atoms with van der Waals surface area (Å²) in [6.07, 6.45) is 5.59. The Labute approximate surface area is 165 Å². The van der Waals surface area contributed by atoms with E-state index in [-0.39, 0.29) is 11.8 Å².